The largest absolute Gasteiger partial charge is 0.444 e. The zero-order valence-electron chi connectivity index (χ0n) is 6.61. The first-order chi connectivity index (χ1) is 6.36. The summed E-state index contributed by atoms with van der Waals surface area (Å²) in [4.78, 5) is 0. The van der Waals surface area contributed by atoms with E-state index < -0.39 is 0 Å². The first-order valence-electron chi connectivity index (χ1n) is 3.68. The van der Waals surface area contributed by atoms with Gasteiger partial charge in [-0.05, 0) is 12.1 Å². The average Bonchev–Trinajstić information content (AvgIpc) is 2.55. The van der Waals surface area contributed by atoms with Gasteiger partial charge in [-0.15, -0.1) is 0 Å². The number of nitriles is 2. The Kier molecular flexibility index (Phi) is 1.51. The van der Waals surface area contributed by atoms with E-state index >= 15 is 0 Å². The molecule has 0 unspecified atom stereocenters. The number of furan rings is 1. The maximum absolute atomic E-state index is 8.78. The minimum Gasteiger partial charge on any atom is -0.444 e. The van der Waals surface area contributed by atoms with Gasteiger partial charge >= 0.3 is 0 Å². The molecule has 1 heterocycles. The smallest absolute Gasteiger partial charge is 0.222 e. The monoisotopic (exact) mass is 168 g/mol. The highest BCUT2D eigenvalue weighted by Gasteiger charge is 2.11. The van der Waals surface area contributed by atoms with Gasteiger partial charge in [-0.3, -0.25) is 0 Å². The highest BCUT2D eigenvalue weighted by atomic mass is 16.3. The Labute approximate surface area is 74.4 Å². The van der Waals surface area contributed by atoms with Crippen LogP contribution in [0.5, 0.6) is 0 Å². The van der Waals surface area contributed by atoms with Gasteiger partial charge in [0.25, 0.3) is 0 Å². The van der Waals surface area contributed by atoms with Crippen LogP contribution in [0.3, 0.4) is 0 Å². The minimum absolute atomic E-state index is 0.0868. The molecule has 3 heteroatoms. The van der Waals surface area contributed by atoms with E-state index in [-0.39, 0.29) is 5.76 Å². The van der Waals surface area contributed by atoms with Crippen molar-refractivity contribution in [2.45, 2.75) is 0 Å². The minimum atomic E-state index is 0.0868. The summed E-state index contributed by atoms with van der Waals surface area (Å²) in [5.41, 5.74) is 0.897. The van der Waals surface area contributed by atoms with Crippen LogP contribution in [0.25, 0.3) is 11.0 Å². The molecule has 0 fully saturated rings. The summed E-state index contributed by atoms with van der Waals surface area (Å²) in [5, 5.41) is 18.1. The first kappa shape index (κ1) is 7.39. The first-order valence-corrected chi connectivity index (χ1v) is 3.68. The average molecular weight is 168 g/mol. The summed E-state index contributed by atoms with van der Waals surface area (Å²) >= 11 is 0. The van der Waals surface area contributed by atoms with Crippen molar-refractivity contribution in [3.63, 3.8) is 0 Å². The number of hydrogen-bond donors (Lipinski definition) is 0. The predicted molar refractivity (Wildman–Crippen MR) is 45.6 cm³/mol. The van der Waals surface area contributed by atoms with Crippen molar-refractivity contribution in [2.75, 3.05) is 0 Å². The van der Waals surface area contributed by atoms with Crippen LogP contribution in [0, 0.1) is 22.7 Å². The van der Waals surface area contributed by atoms with Crippen LogP contribution in [0.15, 0.2) is 28.7 Å². The number of para-hydroxylation sites is 1. The van der Waals surface area contributed by atoms with Gasteiger partial charge in [-0.1, -0.05) is 12.1 Å². The second-order valence-corrected chi connectivity index (χ2v) is 2.53. The van der Waals surface area contributed by atoms with E-state index in [9.17, 15) is 0 Å². The SMILES string of the molecule is N#Cc1oc2ccccc2c1C#N. The maximum atomic E-state index is 8.78. The van der Waals surface area contributed by atoms with E-state index in [4.69, 9.17) is 14.9 Å². The summed E-state index contributed by atoms with van der Waals surface area (Å²) in [7, 11) is 0. The number of fused-ring (bicyclic) bond motifs is 1. The van der Waals surface area contributed by atoms with E-state index in [0.29, 0.717) is 16.5 Å². The molecule has 0 spiro atoms. The summed E-state index contributed by atoms with van der Waals surface area (Å²) in [6.07, 6.45) is 0. The molecular weight excluding hydrogens is 164 g/mol. The Morgan fingerprint density at radius 3 is 2.54 bits per heavy atom. The van der Waals surface area contributed by atoms with E-state index in [0.717, 1.165) is 0 Å². The van der Waals surface area contributed by atoms with Crippen molar-refractivity contribution in [1.82, 2.24) is 0 Å². The molecule has 0 radical (unpaired) electrons. The molecule has 0 bridgehead atoms. The Morgan fingerprint density at radius 2 is 1.85 bits per heavy atom. The molecule has 60 valence electrons. The van der Waals surface area contributed by atoms with Crippen LogP contribution >= 0.6 is 0 Å². The third-order valence-corrected chi connectivity index (χ3v) is 1.81. The van der Waals surface area contributed by atoms with Crippen LogP contribution in [0.4, 0.5) is 0 Å². The van der Waals surface area contributed by atoms with E-state index in [1.54, 1.807) is 24.3 Å². The second kappa shape index (κ2) is 2.66. The van der Waals surface area contributed by atoms with Crippen molar-refractivity contribution in [3.8, 4) is 12.1 Å². The van der Waals surface area contributed by atoms with Crippen LogP contribution in [-0.2, 0) is 0 Å². The lowest BCUT2D eigenvalue weighted by Crippen LogP contribution is -1.73. The molecule has 0 N–H and O–H groups in total. The van der Waals surface area contributed by atoms with Crippen LogP contribution < -0.4 is 0 Å². The van der Waals surface area contributed by atoms with Gasteiger partial charge in [0.15, 0.2) is 0 Å². The fourth-order valence-corrected chi connectivity index (χ4v) is 1.24. The zero-order chi connectivity index (χ0) is 9.26. The predicted octanol–water partition coefficient (Wildman–Crippen LogP) is 2.18. The summed E-state index contributed by atoms with van der Waals surface area (Å²) in [5.74, 6) is 0.0868. The third-order valence-electron chi connectivity index (χ3n) is 1.81. The lowest BCUT2D eigenvalue weighted by atomic mass is 10.1. The standard InChI is InChI=1S/C10H4N2O/c11-5-8-7-3-1-2-4-9(7)13-10(8)6-12/h1-4H. The van der Waals surface area contributed by atoms with Crippen LogP contribution in [-0.4, -0.2) is 0 Å². The molecule has 0 aliphatic rings. The molecule has 3 nitrogen and oxygen atoms in total. The van der Waals surface area contributed by atoms with Gasteiger partial charge in [0.1, 0.15) is 23.3 Å². The number of hydrogen-bond acceptors (Lipinski definition) is 3. The Hall–Kier alpha value is -2.26. The molecule has 2 rings (SSSR count). The van der Waals surface area contributed by atoms with E-state index in [2.05, 4.69) is 0 Å². The van der Waals surface area contributed by atoms with Gasteiger partial charge in [0.05, 0.1) is 0 Å². The summed E-state index contributed by atoms with van der Waals surface area (Å²) in [6.45, 7) is 0. The van der Waals surface area contributed by atoms with E-state index in [1.807, 2.05) is 12.1 Å². The second-order valence-electron chi connectivity index (χ2n) is 2.53. The van der Waals surface area contributed by atoms with E-state index in [1.165, 1.54) is 0 Å². The molecule has 13 heavy (non-hydrogen) atoms. The highest BCUT2D eigenvalue weighted by Crippen LogP contribution is 2.23. The lowest BCUT2D eigenvalue weighted by molar-refractivity contribution is 0.598. The molecule has 1 aromatic carbocycles. The van der Waals surface area contributed by atoms with Gasteiger partial charge < -0.3 is 4.42 Å². The fraction of sp³-hybridized carbons (Fsp3) is 0. The molecule has 0 aliphatic carbocycles. The fourth-order valence-electron chi connectivity index (χ4n) is 1.24. The maximum Gasteiger partial charge on any atom is 0.222 e. The van der Waals surface area contributed by atoms with Crippen molar-refractivity contribution >= 4 is 11.0 Å². The zero-order valence-corrected chi connectivity index (χ0v) is 6.61. The van der Waals surface area contributed by atoms with Crippen molar-refractivity contribution < 1.29 is 4.42 Å². The normalized spacial score (nSPS) is 9.38. The number of nitrogens with zero attached hydrogens (tertiary/aromatic N) is 2. The lowest BCUT2D eigenvalue weighted by Gasteiger charge is -1.83. The van der Waals surface area contributed by atoms with Gasteiger partial charge in [0, 0.05) is 5.39 Å². The number of rotatable bonds is 0. The Balaban J connectivity index is 2.93. The van der Waals surface area contributed by atoms with Crippen LogP contribution in [0.1, 0.15) is 11.3 Å². The Bertz CT molecular complexity index is 540. The molecule has 0 atom stereocenters. The molecule has 0 saturated heterocycles. The van der Waals surface area contributed by atoms with Crippen molar-refractivity contribution in [2.24, 2.45) is 0 Å². The van der Waals surface area contributed by atoms with Gasteiger partial charge in [0.2, 0.25) is 5.76 Å². The molecule has 0 aliphatic heterocycles. The highest BCUT2D eigenvalue weighted by molar-refractivity contribution is 5.85. The topological polar surface area (TPSA) is 60.7 Å². The van der Waals surface area contributed by atoms with Gasteiger partial charge in [-0.2, -0.15) is 10.5 Å². The van der Waals surface area contributed by atoms with Crippen molar-refractivity contribution in [3.05, 3.63) is 35.6 Å². The molecule has 2 aromatic rings. The van der Waals surface area contributed by atoms with Crippen LogP contribution in [0.2, 0.25) is 0 Å². The van der Waals surface area contributed by atoms with Crippen molar-refractivity contribution in [1.29, 1.82) is 10.5 Å². The molecule has 0 amide bonds. The quantitative estimate of drug-likeness (QED) is 0.605. The third kappa shape index (κ3) is 0.953. The van der Waals surface area contributed by atoms with Gasteiger partial charge in [-0.25, -0.2) is 0 Å². The summed E-state index contributed by atoms with van der Waals surface area (Å²) in [6, 6.07) is 10.9. The Morgan fingerprint density at radius 1 is 1.08 bits per heavy atom. The summed E-state index contributed by atoms with van der Waals surface area (Å²) < 4.78 is 5.16. The molecule has 1 aromatic heterocycles. The molecular formula is C10H4N2O. The molecule has 0 saturated carbocycles. The number of benzene rings is 1.